The van der Waals surface area contributed by atoms with E-state index >= 15 is 0 Å². The number of benzene rings is 1. The number of phenols is 1. The van der Waals surface area contributed by atoms with Crippen LogP contribution >= 0.6 is 0 Å². The zero-order chi connectivity index (χ0) is 10.7. The number of piperazine rings is 1. The van der Waals surface area contributed by atoms with Gasteiger partial charge in [-0.05, 0) is 24.6 Å². The Balaban J connectivity index is 1.96. The Hall–Kier alpha value is -1.06. The first-order chi connectivity index (χ1) is 7.24. The second kappa shape index (κ2) is 4.64. The number of aromatic hydroxyl groups is 1. The normalized spacial score (nSPS) is 22.9. The average Bonchev–Trinajstić information content (AvgIpc) is 2.17. The van der Waals surface area contributed by atoms with Gasteiger partial charge in [0.1, 0.15) is 5.75 Å². The zero-order valence-electron chi connectivity index (χ0n) is 9.11. The lowest BCUT2D eigenvalue weighted by molar-refractivity contribution is 0.199. The second-order valence-corrected chi connectivity index (χ2v) is 4.26. The molecule has 0 amide bonds. The molecule has 0 radical (unpaired) electrons. The fraction of sp³-hybridized carbons (Fsp3) is 0.500. The Labute approximate surface area is 90.7 Å². The van der Waals surface area contributed by atoms with Crippen LogP contribution in [0, 0.1) is 0 Å². The highest BCUT2D eigenvalue weighted by molar-refractivity contribution is 5.27. The van der Waals surface area contributed by atoms with Gasteiger partial charge < -0.3 is 10.4 Å². The third-order valence-electron chi connectivity index (χ3n) is 2.77. The van der Waals surface area contributed by atoms with Crippen LogP contribution in [0.5, 0.6) is 5.75 Å². The van der Waals surface area contributed by atoms with Gasteiger partial charge in [0, 0.05) is 32.2 Å². The SMILES string of the molecule is C[C@H]1CN(Cc2cccc(O)c2)CCN1. The van der Waals surface area contributed by atoms with Crippen LogP contribution < -0.4 is 5.32 Å². The lowest BCUT2D eigenvalue weighted by Gasteiger charge is -2.31. The average molecular weight is 206 g/mol. The molecule has 0 saturated carbocycles. The van der Waals surface area contributed by atoms with Gasteiger partial charge in [-0.15, -0.1) is 0 Å². The van der Waals surface area contributed by atoms with Crippen molar-refractivity contribution in [2.45, 2.75) is 19.5 Å². The third kappa shape index (κ3) is 2.94. The number of hydrogen-bond acceptors (Lipinski definition) is 3. The molecular weight excluding hydrogens is 188 g/mol. The van der Waals surface area contributed by atoms with Crippen LogP contribution in [0.25, 0.3) is 0 Å². The second-order valence-electron chi connectivity index (χ2n) is 4.26. The van der Waals surface area contributed by atoms with E-state index in [9.17, 15) is 5.11 Å². The van der Waals surface area contributed by atoms with Gasteiger partial charge in [0.15, 0.2) is 0 Å². The third-order valence-corrected chi connectivity index (χ3v) is 2.77. The summed E-state index contributed by atoms with van der Waals surface area (Å²) in [6.45, 7) is 6.35. The Morgan fingerprint density at radius 2 is 2.40 bits per heavy atom. The van der Waals surface area contributed by atoms with Crippen molar-refractivity contribution in [1.29, 1.82) is 0 Å². The number of nitrogens with one attached hydrogen (secondary N) is 1. The van der Waals surface area contributed by atoms with E-state index in [1.165, 1.54) is 5.56 Å². The highest BCUT2D eigenvalue weighted by atomic mass is 16.3. The lowest BCUT2D eigenvalue weighted by Crippen LogP contribution is -2.48. The Bertz CT molecular complexity index is 327. The van der Waals surface area contributed by atoms with Crippen LogP contribution in [-0.2, 0) is 6.54 Å². The molecule has 1 atom stereocenters. The fourth-order valence-electron chi connectivity index (χ4n) is 2.07. The number of rotatable bonds is 2. The maximum Gasteiger partial charge on any atom is 0.115 e. The summed E-state index contributed by atoms with van der Waals surface area (Å²) in [6.07, 6.45) is 0. The van der Waals surface area contributed by atoms with Crippen molar-refractivity contribution >= 4 is 0 Å². The Morgan fingerprint density at radius 1 is 1.53 bits per heavy atom. The van der Waals surface area contributed by atoms with Crippen molar-refractivity contribution in [2.75, 3.05) is 19.6 Å². The van der Waals surface area contributed by atoms with E-state index in [-0.39, 0.29) is 0 Å². The van der Waals surface area contributed by atoms with Crippen LogP contribution in [0.3, 0.4) is 0 Å². The predicted octanol–water partition coefficient (Wildman–Crippen LogP) is 1.19. The molecule has 2 N–H and O–H groups in total. The minimum atomic E-state index is 0.357. The first-order valence-electron chi connectivity index (χ1n) is 5.48. The van der Waals surface area contributed by atoms with Crippen LogP contribution in [0.15, 0.2) is 24.3 Å². The standard InChI is InChI=1S/C12H18N2O/c1-10-8-14(6-5-13-10)9-11-3-2-4-12(15)7-11/h2-4,7,10,13,15H,5-6,8-9H2,1H3/t10-/m0/s1. The molecule has 0 aromatic heterocycles. The predicted molar refractivity (Wildman–Crippen MR) is 60.8 cm³/mol. The molecule has 3 nitrogen and oxygen atoms in total. The molecule has 1 aromatic carbocycles. The molecule has 1 heterocycles. The van der Waals surface area contributed by atoms with E-state index in [0.717, 1.165) is 26.2 Å². The molecular formula is C12H18N2O. The molecule has 0 bridgehead atoms. The molecule has 15 heavy (non-hydrogen) atoms. The summed E-state index contributed by atoms with van der Waals surface area (Å²) in [5.74, 6) is 0.357. The topological polar surface area (TPSA) is 35.5 Å². The summed E-state index contributed by atoms with van der Waals surface area (Å²) in [5.41, 5.74) is 1.18. The molecule has 3 heteroatoms. The Morgan fingerprint density at radius 3 is 3.13 bits per heavy atom. The summed E-state index contributed by atoms with van der Waals surface area (Å²) < 4.78 is 0. The van der Waals surface area contributed by atoms with E-state index in [1.54, 1.807) is 6.07 Å². The van der Waals surface area contributed by atoms with Crippen LogP contribution in [-0.4, -0.2) is 35.7 Å². The summed E-state index contributed by atoms with van der Waals surface area (Å²) in [4.78, 5) is 2.41. The highest BCUT2D eigenvalue weighted by Gasteiger charge is 2.15. The van der Waals surface area contributed by atoms with Gasteiger partial charge in [-0.25, -0.2) is 0 Å². The molecule has 2 rings (SSSR count). The van der Waals surface area contributed by atoms with Gasteiger partial charge in [0.25, 0.3) is 0 Å². The van der Waals surface area contributed by atoms with Crippen molar-refractivity contribution in [1.82, 2.24) is 10.2 Å². The maximum atomic E-state index is 9.36. The molecule has 0 aliphatic carbocycles. The molecule has 0 unspecified atom stereocenters. The summed E-state index contributed by atoms with van der Waals surface area (Å²) >= 11 is 0. The minimum absolute atomic E-state index is 0.357. The molecule has 1 aliphatic heterocycles. The van der Waals surface area contributed by atoms with Crippen LogP contribution in [0.2, 0.25) is 0 Å². The molecule has 1 aliphatic rings. The summed E-state index contributed by atoms with van der Waals surface area (Å²) in [5, 5.41) is 12.8. The van der Waals surface area contributed by atoms with E-state index in [2.05, 4.69) is 23.2 Å². The van der Waals surface area contributed by atoms with Gasteiger partial charge in [0.05, 0.1) is 0 Å². The molecule has 0 spiro atoms. The summed E-state index contributed by atoms with van der Waals surface area (Å²) in [6, 6.07) is 8.08. The van der Waals surface area contributed by atoms with Gasteiger partial charge >= 0.3 is 0 Å². The van der Waals surface area contributed by atoms with Gasteiger partial charge in [-0.2, -0.15) is 0 Å². The van der Waals surface area contributed by atoms with Crippen molar-refractivity contribution < 1.29 is 5.11 Å². The zero-order valence-corrected chi connectivity index (χ0v) is 9.11. The smallest absolute Gasteiger partial charge is 0.115 e. The van der Waals surface area contributed by atoms with E-state index in [4.69, 9.17) is 0 Å². The van der Waals surface area contributed by atoms with Crippen molar-refractivity contribution in [3.63, 3.8) is 0 Å². The first-order valence-corrected chi connectivity index (χ1v) is 5.48. The first kappa shape index (κ1) is 10.5. The van der Waals surface area contributed by atoms with Gasteiger partial charge in [0.2, 0.25) is 0 Å². The Kier molecular flexibility index (Phi) is 3.23. The molecule has 1 fully saturated rings. The van der Waals surface area contributed by atoms with Crippen molar-refractivity contribution in [3.05, 3.63) is 29.8 Å². The van der Waals surface area contributed by atoms with Crippen LogP contribution in [0.4, 0.5) is 0 Å². The van der Waals surface area contributed by atoms with Crippen molar-refractivity contribution in [3.8, 4) is 5.75 Å². The molecule has 1 aromatic rings. The van der Waals surface area contributed by atoms with Gasteiger partial charge in [-0.1, -0.05) is 12.1 Å². The van der Waals surface area contributed by atoms with Crippen molar-refractivity contribution in [2.24, 2.45) is 0 Å². The largest absolute Gasteiger partial charge is 0.508 e. The fourth-order valence-corrected chi connectivity index (χ4v) is 2.07. The highest BCUT2D eigenvalue weighted by Crippen LogP contribution is 2.13. The minimum Gasteiger partial charge on any atom is -0.508 e. The number of nitrogens with zero attached hydrogens (tertiary/aromatic N) is 1. The van der Waals surface area contributed by atoms with Gasteiger partial charge in [-0.3, -0.25) is 4.90 Å². The van der Waals surface area contributed by atoms with E-state index < -0.39 is 0 Å². The van der Waals surface area contributed by atoms with E-state index in [0.29, 0.717) is 11.8 Å². The monoisotopic (exact) mass is 206 g/mol. The maximum absolute atomic E-state index is 9.36. The summed E-state index contributed by atoms with van der Waals surface area (Å²) in [7, 11) is 0. The molecule has 82 valence electrons. The van der Waals surface area contributed by atoms with E-state index in [1.807, 2.05) is 12.1 Å². The van der Waals surface area contributed by atoms with Crippen LogP contribution in [0.1, 0.15) is 12.5 Å². The lowest BCUT2D eigenvalue weighted by atomic mass is 10.1. The quantitative estimate of drug-likeness (QED) is 0.763. The number of hydrogen-bond donors (Lipinski definition) is 2. The number of phenolic OH excluding ortho intramolecular Hbond substituents is 1. The molecule has 1 saturated heterocycles.